The smallest absolute Gasteiger partial charge is 0.222 e. The van der Waals surface area contributed by atoms with Crippen LogP contribution in [0.2, 0.25) is 0 Å². The molecular weight excluding hydrogens is 346 g/mol. The third-order valence-corrected chi connectivity index (χ3v) is 5.88. The molecule has 4 nitrogen and oxygen atoms in total. The second-order valence-electron chi connectivity index (χ2n) is 6.37. The van der Waals surface area contributed by atoms with Crippen molar-refractivity contribution in [1.29, 1.82) is 0 Å². The lowest BCUT2D eigenvalue weighted by Crippen LogP contribution is -2.42. The number of methoxy groups -OCH3 is 2. The van der Waals surface area contributed by atoms with E-state index in [1.54, 1.807) is 14.2 Å². The fourth-order valence-corrected chi connectivity index (χ4v) is 4.37. The van der Waals surface area contributed by atoms with E-state index >= 15 is 0 Å². The Kier molecular flexibility index (Phi) is 6.45. The Balaban J connectivity index is 1.58. The van der Waals surface area contributed by atoms with Gasteiger partial charge in [-0.25, -0.2) is 0 Å². The van der Waals surface area contributed by atoms with Crippen LogP contribution in [0.1, 0.15) is 18.4 Å². The summed E-state index contributed by atoms with van der Waals surface area (Å²) in [5, 5.41) is 0.459. The van der Waals surface area contributed by atoms with Crippen LogP contribution in [0.5, 0.6) is 11.5 Å². The van der Waals surface area contributed by atoms with Gasteiger partial charge in [0.2, 0.25) is 5.91 Å². The van der Waals surface area contributed by atoms with Crippen LogP contribution in [0.25, 0.3) is 0 Å². The highest BCUT2D eigenvalue weighted by molar-refractivity contribution is 8.00. The van der Waals surface area contributed by atoms with Crippen LogP contribution >= 0.6 is 11.8 Å². The minimum absolute atomic E-state index is 0.260. The molecule has 1 atom stereocenters. The number of ether oxygens (including phenoxy) is 2. The van der Waals surface area contributed by atoms with Gasteiger partial charge in [0.05, 0.1) is 14.2 Å². The molecule has 0 N–H and O–H groups in total. The normalized spacial score (nSPS) is 17.2. The minimum Gasteiger partial charge on any atom is -0.493 e. The summed E-state index contributed by atoms with van der Waals surface area (Å²) in [4.78, 5) is 15.6. The molecule has 0 bridgehead atoms. The topological polar surface area (TPSA) is 38.8 Å². The number of benzene rings is 2. The standard InChI is InChI=1S/C21H25NO3S/c1-24-19-10-8-16(14-20(19)25-2)12-13-22-15-18(9-11-21(22)23)26-17-6-4-3-5-7-17/h3-8,10,14,18H,9,11-13,15H2,1-2H3. The van der Waals surface area contributed by atoms with Crippen LogP contribution in [-0.4, -0.2) is 43.4 Å². The van der Waals surface area contributed by atoms with E-state index in [0.717, 1.165) is 43.0 Å². The Morgan fingerprint density at radius 3 is 2.58 bits per heavy atom. The summed E-state index contributed by atoms with van der Waals surface area (Å²) in [6, 6.07) is 16.4. The fourth-order valence-electron chi connectivity index (χ4n) is 3.19. The first-order valence-corrected chi connectivity index (χ1v) is 9.78. The van der Waals surface area contributed by atoms with Crippen molar-refractivity contribution in [3.05, 3.63) is 54.1 Å². The average Bonchev–Trinajstić information content (AvgIpc) is 2.69. The number of nitrogens with zero attached hydrogens (tertiary/aromatic N) is 1. The van der Waals surface area contributed by atoms with Crippen molar-refractivity contribution >= 4 is 17.7 Å². The van der Waals surface area contributed by atoms with Gasteiger partial charge in [0.1, 0.15) is 0 Å². The zero-order valence-electron chi connectivity index (χ0n) is 15.3. The van der Waals surface area contributed by atoms with Gasteiger partial charge in [0, 0.05) is 29.7 Å². The number of carbonyl (C=O) groups excluding carboxylic acids is 1. The van der Waals surface area contributed by atoms with E-state index in [1.807, 2.05) is 40.9 Å². The van der Waals surface area contributed by atoms with Crippen molar-refractivity contribution in [2.24, 2.45) is 0 Å². The molecule has 26 heavy (non-hydrogen) atoms. The summed E-state index contributed by atoms with van der Waals surface area (Å²) in [7, 11) is 3.27. The van der Waals surface area contributed by atoms with Crippen LogP contribution in [0.15, 0.2) is 53.4 Å². The van der Waals surface area contributed by atoms with Gasteiger partial charge in [0.15, 0.2) is 11.5 Å². The number of rotatable bonds is 7. The maximum atomic E-state index is 12.3. The van der Waals surface area contributed by atoms with Gasteiger partial charge in [-0.3, -0.25) is 4.79 Å². The molecule has 1 saturated heterocycles. The molecule has 1 aliphatic heterocycles. The average molecular weight is 372 g/mol. The van der Waals surface area contributed by atoms with Crippen LogP contribution in [0.3, 0.4) is 0 Å². The molecule has 1 heterocycles. The van der Waals surface area contributed by atoms with Gasteiger partial charge in [-0.05, 0) is 42.7 Å². The largest absolute Gasteiger partial charge is 0.493 e. The summed E-state index contributed by atoms with van der Waals surface area (Å²) in [6.07, 6.45) is 2.40. The first-order valence-electron chi connectivity index (χ1n) is 8.90. The molecule has 3 rings (SSSR count). The van der Waals surface area contributed by atoms with Gasteiger partial charge in [-0.1, -0.05) is 24.3 Å². The Bertz CT molecular complexity index is 735. The van der Waals surface area contributed by atoms with Crippen molar-refractivity contribution < 1.29 is 14.3 Å². The molecule has 1 unspecified atom stereocenters. The minimum atomic E-state index is 0.260. The van der Waals surface area contributed by atoms with Crippen molar-refractivity contribution in [2.45, 2.75) is 29.4 Å². The SMILES string of the molecule is COc1ccc(CCN2CC(Sc3ccccc3)CCC2=O)cc1OC. The molecule has 138 valence electrons. The van der Waals surface area contributed by atoms with Gasteiger partial charge in [0.25, 0.3) is 0 Å². The van der Waals surface area contributed by atoms with Gasteiger partial charge < -0.3 is 14.4 Å². The maximum Gasteiger partial charge on any atom is 0.222 e. The number of amides is 1. The number of likely N-dealkylation sites (tertiary alicyclic amines) is 1. The Hall–Kier alpha value is -2.14. The summed E-state index contributed by atoms with van der Waals surface area (Å²) >= 11 is 1.87. The van der Waals surface area contributed by atoms with Gasteiger partial charge in [-0.15, -0.1) is 11.8 Å². The number of hydrogen-bond acceptors (Lipinski definition) is 4. The van der Waals surface area contributed by atoms with Gasteiger partial charge >= 0.3 is 0 Å². The van der Waals surface area contributed by atoms with E-state index in [1.165, 1.54) is 4.90 Å². The molecule has 1 fully saturated rings. The highest BCUT2D eigenvalue weighted by Crippen LogP contribution is 2.30. The molecule has 0 aromatic heterocycles. The Morgan fingerprint density at radius 2 is 1.85 bits per heavy atom. The van der Waals surface area contributed by atoms with Crippen LogP contribution in [-0.2, 0) is 11.2 Å². The summed E-state index contributed by atoms with van der Waals surface area (Å²) in [5.74, 6) is 1.72. The molecule has 5 heteroatoms. The molecule has 0 spiro atoms. The molecule has 0 radical (unpaired) electrons. The van der Waals surface area contributed by atoms with Gasteiger partial charge in [-0.2, -0.15) is 0 Å². The number of hydrogen-bond donors (Lipinski definition) is 0. The zero-order valence-corrected chi connectivity index (χ0v) is 16.1. The number of thioether (sulfide) groups is 1. The lowest BCUT2D eigenvalue weighted by molar-refractivity contribution is -0.133. The predicted octanol–water partition coefficient (Wildman–Crippen LogP) is 4.03. The molecule has 0 saturated carbocycles. The molecular formula is C21H25NO3S. The third kappa shape index (κ3) is 4.73. The third-order valence-electron chi connectivity index (χ3n) is 4.62. The molecule has 2 aromatic rings. The van der Waals surface area contributed by atoms with Crippen molar-refractivity contribution in [3.8, 4) is 11.5 Å². The van der Waals surface area contributed by atoms with Crippen molar-refractivity contribution in [1.82, 2.24) is 4.90 Å². The first kappa shape index (κ1) is 18.6. The van der Waals surface area contributed by atoms with E-state index < -0.39 is 0 Å². The predicted molar refractivity (Wildman–Crippen MR) is 105 cm³/mol. The zero-order chi connectivity index (χ0) is 18.4. The molecule has 2 aromatic carbocycles. The lowest BCUT2D eigenvalue weighted by Gasteiger charge is -2.32. The fraction of sp³-hybridized carbons (Fsp3) is 0.381. The van der Waals surface area contributed by atoms with Crippen molar-refractivity contribution in [2.75, 3.05) is 27.3 Å². The van der Waals surface area contributed by atoms with E-state index in [9.17, 15) is 4.79 Å². The second-order valence-corrected chi connectivity index (χ2v) is 7.74. The van der Waals surface area contributed by atoms with Crippen molar-refractivity contribution in [3.63, 3.8) is 0 Å². The van der Waals surface area contributed by atoms with E-state index in [4.69, 9.17) is 9.47 Å². The monoisotopic (exact) mass is 371 g/mol. The van der Waals surface area contributed by atoms with Crippen LogP contribution in [0.4, 0.5) is 0 Å². The van der Waals surface area contributed by atoms with Crippen LogP contribution < -0.4 is 9.47 Å². The molecule has 0 aliphatic carbocycles. The van der Waals surface area contributed by atoms with Crippen LogP contribution in [0, 0.1) is 0 Å². The Labute approximate surface area is 159 Å². The number of carbonyl (C=O) groups is 1. The number of piperidine rings is 1. The highest BCUT2D eigenvalue weighted by Gasteiger charge is 2.26. The molecule has 1 aliphatic rings. The first-order chi connectivity index (χ1) is 12.7. The summed E-state index contributed by atoms with van der Waals surface area (Å²) in [6.45, 7) is 1.55. The van der Waals surface area contributed by atoms with E-state index in [-0.39, 0.29) is 5.91 Å². The maximum absolute atomic E-state index is 12.3. The van der Waals surface area contributed by atoms with E-state index in [2.05, 4.69) is 24.3 Å². The molecule has 1 amide bonds. The quantitative estimate of drug-likeness (QED) is 0.737. The summed E-state index contributed by atoms with van der Waals surface area (Å²) < 4.78 is 10.6. The lowest BCUT2D eigenvalue weighted by atomic mass is 10.1. The summed E-state index contributed by atoms with van der Waals surface area (Å²) in [5.41, 5.74) is 1.15. The highest BCUT2D eigenvalue weighted by atomic mass is 32.2. The Morgan fingerprint density at radius 1 is 1.08 bits per heavy atom. The van der Waals surface area contributed by atoms with E-state index in [0.29, 0.717) is 11.7 Å². The second kappa shape index (κ2) is 8.99.